The molecular weight excluding hydrogens is 398 g/mol. The fraction of sp³-hybridized carbons (Fsp3) is 0.273. The Bertz CT molecular complexity index is 1340. The van der Waals surface area contributed by atoms with E-state index in [0.29, 0.717) is 31.7 Å². The molecule has 0 radical (unpaired) electrons. The summed E-state index contributed by atoms with van der Waals surface area (Å²) in [5.41, 5.74) is 2.07. The second-order valence-corrected chi connectivity index (χ2v) is 7.72. The van der Waals surface area contributed by atoms with Crippen LogP contribution in [0.4, 0.5) is 0 Å². The molecular formula is C22H21N5O4. The van der Waals surface area contributed by atoms with Crippen LogP contribution < -0.4 is 5.56 Å². The third-order valence-corrected chi connectivity index (χ3v) is 5.71. The number of hydrogen-bond acceptors (Lipinski definition) is 5. The lowest BCUT2D eigenvalue weighted by Gasteiger charge is -2.34. The van der Waals surface area contributed by atoms with E-state index >= 15 is 0 Å². The minimum absolute atomic E-state index is 0.144. The highest BCUT2D eigenvalue weighted by Gasteiger charge is 2.26. The van der Waals surface area contributed by atoms with Crippen molar-refractivity contribution in [2.45, 2.75) is 13.5 Å². The Morgan fingerprint density at radius 3 is 2.61 bits per heavy atom. The minimum atomic E-state index is -0.327. The number of aryl methyl sites for hydroxylation is 1. The first kappa shape index (κ1) is 19.1. The Morgan fingerprint density at radius 2 is 1.87 bits per heavy atom. The number of carbonyl (C=O) groups is 2. The molecule has 1 saturated heterocycles. The monoisotopic (exact) mass is 419 g/mol. The van der Waals surface area contributed by atoms with Crippen LogP contribution in [0.1, 0.15) is 16.1 Å². The highest BCUT2D eigenvalue weighted by Crippen LogP contribution is 2.23. The van der Waals surface area contributed by atoms with E-state index in [1.165, 1.54) is 10.9 Å². The number of benzene rings is 1. The number of carbonyl (C=O) groups excluding carboxylic acids is 2. The van der Waals surface area contributed by atoms with Crippen molar-refractivity contribution < 1.29 is 14.0 Å². The number of amides is 2. The summed E-state index contributed by atoms with van der Waals surface area (Å²) < 4.78 is 6.35. The molecule has 9 heteroatoms. The van der Waals surface area contributed by atoms with E-state index in [0.717, 1.165) is 21.9 Å². The molecule has 2 amide bonds. The van der Waals surface area contributed by atoms with Crippen LogP contribution in [0.2, 0.25) is 0 Å². The normalized spacial score (nSPS) is 14.5. The molecule has 5 rings (SSSR count). The number of fused-ring (bicyclic) bond motifs is 3. The molecule has 1 aliphatic heterocycles. The molecule has 158 valence electrons. The topological polar surface area (TPSA) is 104 Å². The zero-order valence-electron chi connectivity index (χ0n) is 17.0. The number of aromatic nitrogens is 3. The number of H-pyrrole nitrogens is 1. The van der Waals surface area contributed by atoms with Crippen LogP contribution in [0.5, 0.6) is 0 Å². The Labute approximate surface area is 176 Å². The molecule has 9 nitrogen and oxygen atoms in total. The van der Waals surface area contributed by atoms with Gasteiger partial charge in [0.2, 0.25) is 5.91 Å². The predicted molar refractivity (Wildman–Crippen MR) is 114 cm³/mol. The molecule has 1 aromatic carbocycles. The Morgan fingerprint density at radius 1 is 1.10 bits per heavy atom. The highest BCUT2D eigenvalue weighted by molar-refractivity contribution is 6.06. The summed E-state index contributed by atoms with van der Waals surface area (Å²) in [4.78, 5) is 44.5. The molecule has 4 aromatic rings. The number of hydrogen-bond donors (Lipinski definition) is 1. The lowest BCUT2D eigenvalue weighted by molar-refractivity contribution is -0.133. The lowest BCUT2D eigenvalue weighted by atomic mass is 10.1. The quantitative estimate of drug-likeness (QED) is 0.545. The Balaban J connectivity index is 1.30. The van der Waals surface area contributed by atoms with Gasteiger partial charge in [0.25, 0.3) is 11.5 Å². The fourth-order valence-electron chi connectivity index (χ4n) is 3.99. The second-order valence-electron chi connectivity index (χ2n) is 7.72. The van der Waals surface area contributed by atoms with Crippen LogP contribution in [0, 0.1) is 6.92 Å². The summed E-state index contributed by atoms with van der Waals surface area (Å²) in [5.74, 6) is -0.0992. The first-order chi connectivity index (χ1) is 15.0. The minimum Gasteiger partial charge on any atom is -0.459 e. The van der Waals surface area contributed by atoms with E-state index in [-0.39, 0.29) is 29.7 Å². The molecule has 0 spiro atoms. The van der Waals surface area contributed by atoms with Gasteiger partial charge in [-0.05, 0) is 31.2 Å². The van der Waals surface area contributed by atoms with Crippen molar-refractivity contribution in [1.29, 1.82) is 0 Å². The maximum Gasteiger partial charge on any atom is 0.291 e. The summed E-state index contributed by atoms with van der Waals surface area (Å²) in [6, 6.07) is 9.21. The van der Waals surface area contributed by atoms with Crippen molar-refractivity contribution in [3.8, 4) is 0 Å². The van der Waals surface area contributed by atoms with Crippen LogP contribution in [0.15, 0.2) is 52.0 Å². The average molecular weight is 419 g/mol. The maximum absolute atomic E-state index is 12.9. The third-order valence-electron chi connectivity index (χ3n) is 5.71. The average Bonchev–Trinajstić information content (AvgIpc) is 3.44. The molecule has 0 aliphatic carbocycles. The van der Waals surface area contributed by atoms with Gasteiger partial charge in [-0.1, -0.05) is 11.6 Å². The summed E-state index contributed by atoms with van der Waals surface area (Å²) >= 11 is 0. The van der Waals surface area contributed by atoms with Gasteiger partial charge < -0.3 is 19.2 Å². The second kappa shape index (κ2) is 7.42. The largest absolute Gasteiger partial charge is 0.459 e. The van der Waals surface area contributed by atoms with Gasteiger partial charge in [-0.25, -0.2) is 4.68 Å². The van der Waals surface area contributed by atoms with Gasteiger partial charge in [-0.15, -0.1) is 0 Å². The number of piperazine rings is 1. The fourth-order valence-corrected chi connectivity index (χ4v) is 3.99. The number of furan rings is 1. The summed E-state index contributed by atoms with van der Waals surface area (Å²) in [5, 5.41) is 5.92. The number of nitrogens with one attached hydrogen (secondary N) is 1. The first-order valence-electron chi connectivity index (χ1n) is 10.1. The SMILES string of the molecule is Cc1ccc2[nH]c3c(=O)n(CC(=O)N4CCN(C(=O)c5ccco5)CC4)ncc3c2c1. The highest BCUT2D eigenvalue weighted by atomic mass is 16.3. The summed E-state index contributed by atoms with van der Waals surface area (Å²) in [6.45, 7) is 3.46. The molecule has 4 heterocycles. The van der Waals surface area contributed by atoms with E-state index in [2.05, 4.69) is 10.1 Å². The van der Waals surface area contributed by atoms with Crippen LogP contribution in [-0.2, 0) is 11.3 Å². The van der Waals surface area contributed by atoms with Crippen molar-refractivity contribution >= 4 is 33.6 Å². The van der Waals surface area contributed by atoms with Crippen molar-refractivity contribution in [2.24, 2.45) is 0 Å². The van der Waals surface area contributed by atoms with Gasteiger partial charge in [-0.3, -0.25) is 14.4 Å². The van der Waals surface area contributed by atoms with Gasteiger partial charge >= 0.3 is 0 Å². The first-order valence-corrected chi connectivity index (χ1v) is 10.1. The van der Waals surface area contributed by atoms with Crippen molar-refractivity contribution in [3.63, 3.8) is 0 Å². The van der Waals surface area contributed by atoms with E-state index in [4.69, 9.17) is 4.42 Å². The van der Waals surface area contributed by atoms with Crippen molar-refractivity contribution in [2.75, 3.05) is 26.2 Å². The van der Waals surface area contributed by atoms with Crippen molar-refractivity contribution in [1.82, 2.24) is 24.6 Å². The van der Waals surface area contributed by atoms with Crippen LogP contribution in [0.25, 0.3) is 21.8 Å². The van der Waals surface area contributed by atoms with Crippen LogP contribution >= 0.6 is 0 Å². The molecule has 0 bridgehead atoms. The van der Waals surface area contributed by atoms with E-state index in [1.54, 1.807) is 28.1 Å². The Kier molecular flexibility index (Phi) is 4.58. The van der Waals surface area contributed by atoms with Gasteiger partial charge in [0.1, 0.15) is 12.1 Å². The maximum atomic E-state index is 12.9. The molecule has 3 aromatic heterocycles. The van der Waals surface area contributed by atoms with Gasteiger partial charge in [0.05, 0.1) is 12.5 Å². The van der Waals surface area contributed by atoms with Gasteiger partial charge in [-0.2, -0.15) is 5.10 Å². The standard InChI is InChI=1S/C22H21N5O4/c1-14-4-5-17-15(11-14)16-12-23-27(22(30)20(16)24-17)13-19(28)25-6-8-26(9-7-25)21(29)18-3-2-10-31-18/h2-5,10-12,24H,6-9,13H2,1H3. The molecule has 1 fully saturated rings. The number of aromatic amines is 1. The van der Waals surface area contributed by atoms with Crippen molar-refractivity contribution in [3.05, 3.63) is 64.5 Å². The van der Waals surface area contributed by atoms with Crippen LogP contribution in [0.3, 0.4) is 0 Å². The summed E-state index contributed by atoms with van der Waals surface area (Å²) in [7, 11) is 0. The van der Waals surface area contributed by atoms with E-state index in [9.17, 15) is 14.4 Å². The lowest BCUT2D eigenvalue weighted by Crippen LogP contribution is -2.51. The molecule has 1 N–H and O–H groups in total. The number of nitrogens with zero attached hydrogens (tertiary/aromatic N) is 4. The number of rotatable bonds is 3. The van der Waals surface area contributed by atoms with E-state index in [1.807, 2.05) is 25.1 Å². The van der Waals surface area contributed by atoms with Gasteiger partial charge in [0, 0.05) is 42.5 Å². The molecule has 0 saturated carbocycles. The van der Waals surface area contributed by atoms with E-state index < -0.39 is 0 Å². The summed E-state index contributed by atoms with van der Waals surface area (Å²) in [6.07, 6.45) is 3.09. The van der Waals surface area contributed by atoms with Crippen LogP contribution in [-0.4, -0.2) is 62.6 Å². The molecule has 0 atom stereocenters. The Hall–Kier alpha value is -3.88. The molecule has 0 unspecified atom stereocenters. The smallest absolute Gasteiger partial charge is 0.291 e. The predicted octanol–water partition coefficient (Wildman–Crippen LogP) is 1.76. The van der Waals surface area contributed by atoms with Gasteiger partial charge in [0.15, 0.2) is 5.76 Å². The zero-order valence-corrected chi connectivity index (χ0v) is 17.0. The molecule has 31 heavy (non-hydrogen) atoms. The third kappa shape index (κ3) is 3.37. The molecule has 1 aliphatic rings. The zero-order chi connectivity index (χ0) is 21.5.